The van der Waals surface area contributed by atoms with Crippen molar-refractivity contribution in [2.24, 2.45) is 0 Å². The van der Waals surface area contributed by atoms with Crippen molar-refractivity contribution in [3.8, 4) is 5.75 Å². The molecular weight excluding hydrogens is 416 g/mol. The van der Waals surface area contributed by atoms with Crippen LogP contribution in [0.5, 0.6) is 5.75 Å². The highest BCUT2D eigenvalue weighted by Crippen LogP contribution is 2.26. The van der Waals surface area contributed by atoms with E-state index in [1.165, 1.54) is 19.2 Å². The molecule has 0 radical (unpaired) electrons. The molecule has 0 saturated carbocycles. The number of fused-ring (bicyclic) bond motifs is 1. The number of aryl methyl sites for hydroxylation is 1. The third-order valence-corrected chi connectivity index (χ3v) is 6.25. The van der Waals surface area contributed by atoms with E-state index >= 15 is 0 Å². The molecule has 8 nitrogen and oxygen atoms in total. The Hall–Kier alpha value is -2.91. The van der Waals surface area contributed by atoms with Crippen molar-refractivity contribution in [2.45, 2.75) is 44.0 Å². The third kappa shape index (κ3) is 5.83. The van der Waals surface area contributed by atoms with E-state index in [1.807, 2.05) is 24.3 Å². The van der Waals surface area contributed by atoms with Crippen LogP contribution >= 0.6 is 0 Å². The lowest BCUT2D eigenvalue weighted by atomic mass is 10.1. The van der Waals surface area contributed by atoms with Gasteiger partial charge in [-0.3, -0.25) is 4.79 Å². The van der Waals surface area contributed by atoms with E-state index in [-0.39, 0.29) is 22.1 Å². The highest BCUT2D eigenvalue weighted by molar-refractivity contribution is 7.89. The van der Waals surface area contributed by atoms with E-state index in [9.17, 15) is 13.2 Å². The van der Waals surface area contributed by atoms with Crippen LogP contribution in [0, 0.1) is 0 Å². The summed E-state index contributed by atoms with van der Waals surface area (Å²) in [5.74, 6) is 0.694. The van der Waals surface area contributed by atoms with Crippen molar-refractivity contribution < 1.29 is 17.9 Å². The van der Waals surface area contributed by atoms with Gasteiger partial charge in [0.1, 0.15) is 16.5 Å². The summed E-state index contributed by atoms with van der Waals surface area (Å²) in [5, 5.41) is 2.83. The second kappa shape index (κ2) is 9.07. The number of imidazole rings is 1. The molecule has 0 aliphatic rings. The fourth-order valence-electron chi connectivity index (χ4n) is 3.17. The van der Waals surface area contributed by atoms with Crippen molar-refractivity contribution in [3.63, 3.8) is 0 Å². The average Bonchev–Trinajstić information content (AvgIpc) is 3.11. The number of H-pyrrole nitrogens is 1. The zero-order chi connectivity index (χ0) is 22.6. The van der Waals surface area contributed by atoms with Crippen LogP contribution in [-0.2, 0) is 16.4 Å². The van der Waals surface area contributed by atoms with Gasteiger partial charge in [0, 0.05) is 24.1 Å². The molecule has 0 bridgehead atoms. The first-order valence-corrected chi connectivity index (χ1v) is 11.5. The molecule has 0 spiro atoms. The largest absolute Gasteiger partial charge is 0.495 e. The van der Waals surface area contributed by atoms with Gasteiger partial charge >= 0.3 is 0 Å². The van der Waals surface area contributed by atoms with Gasteiger partial charge < -0.3 is 15.0 Å². The zero-order valence-electron chi connectivity index (χ0n) is 18.2. The second-order valence-corrected chi connectivity index (χ2v) is 9.93. The molecule has 0 atom stereocenters. The lowest BCUT2D eigenvalue weighted by molar-refractivity contribution is 0.0953. The summed E-state index contributed by atoms with van der Waals surface area (Å²) in [6, 6.07) is 12.2. The predicted octanol–water partition coefficient (Wildman–Crippen LogP) is 3.01. The van der Waals surface area contributed by atoms with Crippen LogP contribution in [0.25, 0.3) is 11.0 Å². The lowest BCUT2D eigenvalue weighted by Gasteiger charge is -2.21. The van der Waals surface area contributed by atoms with Gasteiger partial charge in [-0.05, 0) is 57.5 Å². The third-order valence-electron chi connectivity index (χ3n) is 4.47. The molecule has 3 aromatic rings. The minimum atomic E-state index is -3.86. The number of rotatable bonds is 8. The number of carbonyl (C=O) groups excluding carboxylic acids is 1. The first-order valence-electron chi connectivity index (χ1n) is 10.0. The van der Waals surface area contributed by atoms with Crippen LogP contribution in [-0.4, -0.2) is 43.5 Å². The van der Waals surface area contributed by atoms with E-state index in [1.54, 1.807) is 26.8 Å². The number of carbonyl (C=O) groups is 1. The molecule has 0 fully saturated rings. The highest BCUT2D eigenvalue weighted by Gasteiger charge is 2.26. The molecule has 0 aliphatic carbocycles. The summed E-state index contributed by atoms with van der Waals surface area (Å²) in [4.78, 5) is 20.3. The number of hydrogen-bond acceptors (Lipinski definition) is 5. The van der Waals surface area contributed by atoms with Crippen molar-refractivity contribution >= 4 is 27.0 Å². The lowest BCUT2D eigenvalue weighted by Crippen LogP contribution is -2.40. The number of nitrogens with one attached hydrogen (secondary N) is 3. The van der Waals surface area contributed by atoms with Gasteiger partial charge in [0.25, 0.3) is 5.91 Å². The number of para-hydroxylation sites is 2. The molecule has 166 valence electrons. The minimum Gasteiger partial charge on any atom is -0.495 e. The monoisotopic (exact) mass is 444 g/mol. The number of aromatic nitrogens is 2. The van der Waals surface area contributed by atoms with Crippen LogP contribution in [0.4, 0.5) is 0 Å². The van der Waals surface area contributed by atoms with Crippen molar-refractivity contribution in [1.29, 1.82) is 0 Å². The van der Waals surface area contributed by atoms with E-state index in [4.69, 9.17) is 4.74 Å². The number of sulfonamides is 1. The zero-order valence-corrected chi connectivity index (χ0v) is 19.0. The van der Waals surface area contributed by atoms with Crippen LogP contribution < -0.4 is 14.8 Å². The molecule has 3 rings (SSSR count). The minimum absolute atomic E-state index is 0.0696. The number of amides is 1. The number of methoxy groups -OCH3 is 1. The van der Waals surface area contributed by atoms with Gasteiger partial charge in [-0.15, -0.1) is 0 Å². The van der Waals surface area contributed by atoms with E-state index in [0.29, 0.717) is 19.4 Å². The Kier molecular flexibility index (Phi) is 6.66. The number of benzene rings is 2. The van der Waals surface area contributed by atoms with Gasteiger partial charge in [0.05, 0.1) is 18.1 Å². The van der Waals surface area contributed by atoms with E-state index in [0.717, 1.165) is 16.9 Å². The van der Waals surface area contributed by atoms with Gasteiger partial charge in [-0.1, -0.05) is 12.1 Å². The second-order valence-electron chi connectivity index (χ2n) is 8.28. The average molecular weight is 445 g/mol. The predicted molar refractivity (Wildman–Crippen MR) is 120 cm³/mol. The van der Waals surface area contributed by atoms with E-state index in [2.05, 4.69) is 20.0 Å². The smallest absolute Gasteiger partial charge is 0.251 e. The van der Waals surface area contributed by atoms with Crippen molar-refractivity contribution in [2.75, 3.05) is 13.7 Å². The van der Waals surface area contributed by atoms with Crippen LogP contribution in [0.1, 0.15) is 43.4 Å². The standard InChI is InChI=1S/C22H28N4O4S/c1-22(2,3)26-31(28,29)19-14-15(11-12-18(19)30-4)21(27)23-13-7-10-20-24-16-8-5-6-9-17(16)25-20/h5-6,8-9,11-12,14,26H,7,10,13H2,1-4H3,(H,23,27)(H,24,25). The van der Waals surface area contributed by atoms with E-state index < -0.39 is 15.6 Å². The molecule has 31 heavy (non-hydrogen) atoms. The van der Waals surface area contributed by atoms with Crippen LogP contribution in [0.2, 0.25) is 0 Å². The SMILES string of the molecule is COc1ccc(C(=O)NCCCc2nc3ccccc3[nH]2)cc1S(=O)(=O)NC(C)(C)C. The molecule has 9 heteroatoms. The Morgan fingerprint density at radius 2 is 1.90 bits per heavy atom. The number of ether oxygens (including phenoxy) is 1. The highest BCUT2D eigenvalue weighted by atomic mass is 32.2. The Balaban J connectivity index is 1.64. The molecule has 1 heterocycles. The number of aromatic amines is 1. The maximum atomic E-state index is 12.8. The number of nitrogens with zero attached hydrogens (tertiary/aromatic N) is 1. The Morgan fingerprint density at radius 1 is 1.16 bits per heavy atom. The summed E-state index contributed by atoms with van der Waals surface area (Å²) in [5.41, 5.74) is 1.48. The number of hydrogen-bond donors (Lipinski definition) is 3. The molecule has 0 unspecified atom stereocenters. The molecule has 2 aromatic carbocycles. The first-order chi connectivity index (χ1) is 14.6. The van der Waals surface area contributed by atoms with Crippen LogP contribution in [0.3, 0.4) is 0 Å². The summed E-state index contributed by atoms with van der Waals surface area (Å²) < 4.78 is 33.3. The maximum Gasteiger partial charge on any atom is 0.251 e. The summed E-state index contributed by atoms with van der Waals surface area (Å²) in [6.45, 7) is 5.67. The molecule has 0 saturated heterocycles. The molecular formula is C22H28N4O4S. The summed E-state index contributed by atoms with van der Waals surface area (Å²) in [7, 11) is -2.47. The normalized spacial score (nSPS) is 12.1. The quantitative estimate of drug-likeness (QED) is 0.462. The topological polar surface area (TPSA) is 113 Å². The fraction of sp³-hybridized carbons (Fsp3) is 0.364. The molecule has 0 aliphatic heterocycles. The maximum absolute atomic E-state index is 12.8. The van der Waals surface area contributed by atoms with Crippen LogP contribution in [0.15, 0.2) is 47.4 Å². The Morgan fingerprint density at radius 3 is 2.58 bits per heavy atom. The van der Waals surface area contributed by atoms with Gasteiger partial charge in [0.15, 0.2) is 0 Å². The fourth-order valence-corrected chi connectivity index (χ4v) is 4.78. The van der Waals surface area contributed by atoms with Gasteiger partial charge in [-0.25, -0.2) is 18.1 Å². The van der Waals surface area contributed by atoms with Gasteiger partial charge in [0.2, 0.25) is 10.0 Å². The summed E-state index contributed by atoms with van der Waals surface area (Å²) >= 11 is 0. The van der Waals surface area contributed by atoms with Crippen molar-refractivity contribution in [1.82, 2.24) is 20.0 Å². The molecule has 1 aromatic heterocycles. The Labute approximate surface area is 182 Å². The molecule has 3 N–H and O–H groups in total. The molecule has 1 amide bonds. The Bertz CT molecular complexity index is 1150. The summed E-state index contributed by atoms with van der Waals surface area (Å²) in [6.07, 6.45) is 1.38. The van der Waals surface area contributed by atoms with Crippen molar-refractivity contribution in [3.05, 3.63) is 53.9 Å². The first kappa shape index (κ1) is 22.8. The van der Waals surface area contributed by atoms with Gasteiger partial charge in [-0.2, -0.15) is 0 Å².